The molecule has 0 radical (unpaired) electrons. The fourth-order valence-corrected chi connectivity index (χ4v) is 5.01. The highest BCUT2D eigenvalue weighted by Gasteiger charge is 2.58. The smallest absolute Gasteiger partial charge is 0.0730 e. The molecule has 0 heterocycles. The third kappa shape index (κ3) is 2.24. The molecule has 3 N–H and O–H groups in total. The van der Waals surface area contributed by atoms with Crippen molar-refractivity contribution < 1.29 is 5.11 Å². The maximum Gasteiger partial charge on any atom is 0.0730 e. The molecule has 0 saturated heterocycles. The first-order valence-electron chi connectivity index (χ1n) is 7.64. The Kier molecular flexibility index (Phi) is 3.72. The van der Waals surface area contributed by atoms with Gasteiger partial charge in [0.2, 0.25) is 0 Å². The summed E-state index contributed by atoms with van der Waals surface area (Å²) in [5, 5.41) is 11.2. The maximum atomic E-state index is 11.2. The number of halogens is 1. The third-order valence-corrected chi connectivity index (χ3v) is 6.40. The summed E-state index contributed by atoms with van der Waals surface area (Å²) in [7, 11) is 0. The molecule has 2 aliphatic rings. The Labute approximate surface area is 129 Å². The molecule has 3 heteroatoms. The highest BCUT2D eigenvalue weighted by Crippen LogP contribution is 2.60. The molecule has 2 fully saturated rings. The summed E-state index contributed by atoms with van der Waals surface area (Å²) in [4.78, 5) is 0. The number of fused-ring (bicyclic) bond motifs is 2. The predicted molar refractivity (Wildman–Crippen MR) is 85.4 cm³/mol. The van der Waals surface area contributed by atoms with Gasteiger partial charge in [0.05, 0.1) is 5.60 Å². The molecule has 110 valence electrons. The van der Waals surface area contributed by atoms with Gasteiger partial charge >= 0.3 is 0 Å². The molecular formula is C17H24BrNO. The standard InChI is InChI=1S/C17H24BrNO/c1-16(20,9-12-3-6-15(18)7-4-12)17(11-19)10-13-2-5-14(17)8-13/h3-4,6-7,13-14,20H,2,5,8-11,19H2,1H3. The van der Waals surface area contributed by atoms with Crippen LogP contribution in [0.2, 0.25) is 0 Å². The van der Waals surface area contributed by atoms with E-state index in [-0.39, 0.29) is 5.41 Å². The second-order valence-electron chi connectivity index (χ2n) is 7.02. The molecule has 4 unspecified atom stereocenters. The van der Waals surface area contributed by atoms with Gasteiger partial charge in [-0.3, -0.25) is 0 Å². The van der Waals surface area contributed by atoms with E-state index in [1.165, 1.54) is 24.8 Å². The fourth-order valence-electron chi connectivity index (χ4n) is 4.75. The first kappa shape index (κ1) is 14.6. The molecule has 0 aliphatic heterocycles. The molecule has 1 aromatic rings. The zero-order valence-electron chi connectivity index (χ0n) is 12.1. The van der Waals surface area contributed by atoms with E-state index in [4.69, 9.17) is 5.73 Å². The average Bonchev–Trinajstić information content (AvgIpc) is 3.02. The number of benzene rings is 1. The quantitative estimate of drug-likeness (QED) is 0.883. The predicted octanol–water partition coefficient (Wildman–Crippen LogP) is 3.51. The molecule has 0 aromatic heterocycles. The van der Waals surface area contributed by atoms with E-state index in [2.05, 4.69) is 28.1 Å². The van der Waals surface area contributed by atoms with Crippen molar-refractivity contribution in [1.82, 2.24) is 0 Å². The normalized spacial score (nSPS) is 35.2. The number of hydrogen-bond donors (Lipinski definition) is 2. The van der Waals surface area contributed by atoms with Gasteiger partial charge in [0.1, 0.15) is 0 Å². The highest BCUT2D eigenvalue weighted by atomic mass is 79.9. The topological polar surface area (TPSA) is 46.2 Å². The zero-order chi connectivity index (χ0) is 14.4. The summed E-state index contributed by atoms with van der Waals surface area (Å²) in [5.74, 6) is 1.41. The fraction of sp³-hybridized carbons (Fsp3) is 0.647. The van der Waals surface area contributed by atoms with E-state index in [1.807, 2.05) is 19.1 Å². The molecule has 0 amide bonds. The van der Waals surface area contributed by atoms with E-state index >= 15 is 0 Å². The van der Waals surface area contributed by atoms with Crippen LogP contribution in [0.3, 0.4) is 0 Å². The van der Waals surface area contributed by atoms with Crippen molar-refractivity contribution in [2.24, 2.45) is 23.0 Å². The van der Waals surface area contributed by atoms with Crippen molar-refractivity contribution in [3.05, 3.63) is 34.3 Å². The van der Waals surface area contributed by atoms with E-state index in [0.29, 0.717) is 18.9 Å². The molecule has 4 atom stereocenters. The van der Waals surface area contributed by atoms with Gasteiger partial charge in [-0.05, 0) is 55.7 Å². The number of rotatable bonds is 4. The van der Waals surface area contributed by atoms with E-state index < -0.39 is 5.60 Å². The van der Waals surface area contributed by atoms with Crippen molar-refractivity contribution in [2.45, 2.75) is 44.6 Å². The summed E-state index contributed by atoms with van der Waals surface area (Å²) < 4.78 is 1.08. The zero-order valence-corrected chi connectivity index (χ0v) is 13.7. The van der Waals surface area contributed by atoms with Crippen LogP contribution in [-0.4, -0.2) is 17.3 Å². The van der Waals surface area contributed by atoms with Gasteiger partial charge in [0.15, 0.2) is 0 Å². The van der Waals surface area contributed by atoms with Gasteiger partial charge in [0, 0.05) is 22.9 Å². The number of nitrogens with two attached hydrogens (primary N) is 1. The van der Waals surface area contributed by atoms with Crippen LogP contribution in [0, 0.1) is 17.3 Å². The van der Waals surface area contributed by atoms with Crippen molar-refractivity contribution in [3.8, 4) is 0 Å². The molecule has 1 aromatic carbocycles. The van der Waals surface area contributed by atoms with Crippen LogP contribution in [0.25, 0.3) is 0 Å². The highest BCUT2D eigenvalue weighted by molar-refractivity contribution is 9.10. The molecule has 2 nitrogen and oxygen atoms in total. The lowest BCUT2D eigenvalue weighted by Crippen LogP contribution is -2.55. The van der Waals surface area contributed by atoms with E-state index in [0.717, 1.165) is 16.8 Å². The summed E-state index contributed by atoms with van der Waals surface area (Å²) in [5.41, 5.74) is 6.55. The SMILES string of the molecule is CC(O)(Cc1ccc(Br)cc1)C1(CN)CC2CCC1C2. The minimum Gasteiger partial charge on any atom is -0.389 e. The van der Waals surface area contributed by atoms with Crippen LogP contribution in [-0.2, 0) is 6.42 Å². The van der Waals surface area contributed by atoms with E-state index in [9.17, 15) is 5.11 Å². The van der Waals surface area contributed by atoms with Gasteiger partial charge < -0.3 is 10.8 Å². The van der Waals surface area contributed by atoms with Gasteiger partial charge in [-0.25, -0.2) is 0 Å². The molecule has 3 rings (SSSR count). The Balaban J connectivity index is 1.84. The van der Waals surface area contributed by atoms with Gasteiger partial charge in [-0.1, -0.05) is 34.5 Å². The van der Waals surface area contributed by atoms with Gasteiger partial charge in [-0.2, -0.15) is 0 Å². The number of hydrogen-bond acceptors (Lipinski definition) is 2. The van der Waals surface area contributed by atoms with Crippen LogP contribution >= 0.6 is 15.9 Å². The van der Waals surface area contributed by atoms with Crippen molar-refractivity contribution >= 4 is 15.9 Å². The first-order chi connectivity index (χ1) is 9.47. The van der Waals surface area contributed by atoms with Gasteiger partial charge in [0.25, 0.3) is 0 Å². The Morgan fingerprint density at radius 1 is 1.35 bits per heavy atom. The number of aliphatic hydroxyl groups is 1. The van der Waals surface area contributed by atoms with Crippen LogP contribution in [0.4, 0.5) is 0 Å². The van der Waals surface area contributed by atoms with E-state index in [1.54, 1.807) is 0 Å². The maximum absolute atomic E-state index is 11.2. The van der Waals surface area contributed by atoms with Crippen molar-refractivity contribution in [2.75, 3.05) is 6.54 Å². The Bertz CT molecular complexity index is 484. The third-order valence-electron chi connectivity index (χ3n) is 5.87. The van der Waals surface area contributed by atoms with Gasteiger partial charge in [-0.15, -0.1) is 0 Å². The minimum absolute atomic E-state index is 0.0804. The van der Waals surface area contributed by atoms with Crippen molar-refractivity contribution in [3.63, 3.8) is 0 Å². The van der Waals surface area contributed by atoms with Crippen LogP contribution in [0.1, 0.15) is 38.2 Å². The molecule has 2 aliphatic carbocycles. The molecule has 2 saturated carbocycles. The molecule has 0 spiro atoms. The monoisotopic (exact) mass is 337 g/mol. The lowest BCUT2D eigenvalue weighted by molar-refractivity contribution is -0.0956. The first-order valence-corrected chi connectivity index (χ1v) is 8.43. The lowest BCUT2D eigenvalue weighted by atomic mass is 9.61. The molecule has 2 bridgehead atoms. The largest absolute Gasteiger partial charge is 0.389 e. The van der Waals surface area contributed by atoms with Crippen LogP contribution < -0.4 is 5.73 Å². The Morgan fingerprint density at radius 2 is 2.05 bits per heavy atom. The average molecular weight is 338 g/mol. The second kappa shape index (κ2) is 5.11. The molecule has 20 heavy (non-hydrogen) atoms. The minimum atomic E-state index is -0.713. The van der Waals surface area contributed by atoms with Crippen LogP contribution in [0.5, 0.6) is 0 Å². The van der Waals surface area contributed by atoms with Crippen LogP contribution in [0.15, 0.2) is 28.7 Å². The summed E-state index contributed by atoms with van der Waals surface area (Å²) in [6.07, 6.45) is 5.66. The Hall–Kier alpha value is -0.380. The second-order valence-corrected chi connectivity index (χ2v) is 7.93. The summed E-state index contributed by atoms with van der Waals surface area (Å²) >= 11 is 3.46. The van der Waals surface area contributed by atoms with Crippen molar-refractivity contribution in [1.29, 1.82) is 0 Å². The Morgan fingerprint density at radius 3 is 2.55 bits per heavy atom. The lowest BCUT2D eigenvalue weighted by Gasteiger charge is -2.48. The molecular weight excluding hydrogens is 314 g/mol. The summed E-state index contributed by atoms with van der Waals surface area (Å²) in [6.45, 7) is 2.61. The summed E-state index contributed by atoms with van der Waals surface area (Å²) in [6, 6.07) is 8.27.